The molecule has 118 valence electrons. The molecule has 0 aromatic heterocycles. The van der Waals surface area contributed by atoms with E-state index in [9.17, 15) is 9.59 Å². The molecule has 0 radical (unpaired) electrons. The van der Waals surface area contributed by atoms with Gasteiger partial charge in [-0.2, -0.15) is 0 Å². The zero-order valence-corrected chi connectivity index (χ0v) is 13.0. The molecule has 2 saturated heterocycles. The number of hydrogen-bond acceptors (Lipinski definition) is 3. The Labute approximate surface area is 126 Å². The molecule has 0 aromatic rings. The summed E-state index contributed by atoms with van der Waals surface area (Å²) in [6.45, 7) is 2.41. The van der Waals surface area contributed by atoms with Crippen molar-refractivity contribution in [3.63, 3.8) is 0 Å². The summed E-state index contributed by atoms with van der Waals surface area (Å²) in [5.41, 5.74) is 0.389. The summed E-state index contributed by atoms with van der Waals surface area (Å²) in [6, 6.07) is -0.303. The highest BCUT2D eigenvalue weighted by Gasteiger charge is 2.44. The standard InChI is InChI=1S/C16H26N2O3/c1-21-15(20)18-10-5-2-6-13(18)14(19)17-11-9-16(12-17)7-3-4-8-16/h13H,2-12H2,1H3. The van der Waals surface area contributed by atoms with Crippen LogP contribution in [0.3, 0.4) is 0 Å². The Hall–Kier alpha value is -1.26. The van der Waals surface area contributed by atoms with Crippen LogP contribution in [0.15, 0.2) is 0 Å². The molecule has 1 atom stereocenters. The Balaban J connectivity index is 1.67. The summed E-state index contributed by atoms with van der Waals surface area (Å²) in [4.78, 5) is 28.4. The van der Waals surface area contributed by atoms with Gasteiger partial charge < -0.3 is 9.64 Å². The first-order valence-electron chi connectivity index (χ1n) is 8.29. The first kappa shape index (κ1) is 14.7. The van der Waals surface area contributed by atoms with E-state index in [4.69, 9.17) is 4.74 Å². The van der Waals surface area contributed by atoms with Crippen molar-refractivity contribution >= 4 is 12.0 Å². The molecule has 0 bridgehead atoms. The lowest BCUT2D eigenvalue weighted by Gasteiger charge is -2.36. The molecule has 1 aliphatic carbocycles. The Morgan fingerprint density at radius 3 is 2.52 bits per heavy atom. The van der Waals surface area contributed by atoms with Crippen molar-refractivity contribution in [2.24, 2.45) is 5.41 Å². The van der Waals surface area contributed by atoms with E-state index in [2.05, 4.69) is 0 Å². The predicted molar refractivity (Wildman–Crippen MR) is 78.8 cm³/mol. The van der Waals surface area contributed by atoms with Crippen LogP contribution in [0.25, 0.3) is 0 Å². The largest absolute Gasteiger partial charge is 0.453 e. The molecule has 2 heterocycles. The smallest absolute Gasteiger partial charge is 0.410 e. The second-order valence-electron chi connectivity index (χ2n) is 6.89. The van der Waals surface area contributed by atoms with Gasteiger partial charge in [0.15, 0.2) is 0 Å². The molecular weight excluding hydrogens is 268 g/mol. The molecule has 5 heteroatoms. The summed E-state index contributed by atoms with van der Waals surface area (Å²) in [7, 11) is 1.39. The number of likely N-dealkylation sites (tertiary alicyclic amines) is 2. The van der Waals surface area contributed by atoms with E-state index in [1.54, 1.807) is 4.90 Å². The first-order chi connectivity index (χ1) is 10.2. The fourth-order valence-corrected chi connectivity index (χ4v) is 4.39. The number of amides is 2. The normalized spacial score (nSPS) is 28.1. The van der Waals surface area contributed by atoms with Crippen LogP contribution in [0.2, 0.25) is 0 Å². The van der Waals surface area contributed by atoms with Gasteiger partial charge >= 0.3 is 6.09 Å². The van der Waals surface area contributed by atoms with E-state index in [1.165, 1.54) is 32.8 Å². The third-order valence-corrected chi connectivity index (χ3v) is 5.61. The van der Waals surface area contributed by atoms with Crippen LogP contribution < -0.4 is 0 Å². The predicted octanol–water partition coefficient (Wildman–Crippen LogP) is 2.40. The van der Waals surface area contributed by atoms with Gasteiger partial charge in [0, 0.05) is 19.6 Å². The van der Waals surface area contributed by atoms with Crippen molar-refractivity contribution in [3.8, 4) is 0 Å². The lowest BCUT2D eigenvalue weighted by Crippen LogP contribution is -2.52. The average molecular weight is 294 g/mol. The molecule has 3 aliphatic rings. The molecule has 3 fully saturated rings. The highest BCUT2D eigenvalue weighted by Crippen LogP contribution is 2.45. The molecular formula is C16H26N2O3. The van der Waals surface area contributed by atoms with Gasteiger partial charge in [-0.05, 0) is 43.9 Å². The van der Waals surface area contributed by atoms with Crippen molar-refractivity contribution in [3.05, 3.63) is 0 Å². The van der Waals surface area contributed by atoms with Crippen LogP contribution >= 0.6 is 0 Å². The molecule has 1 saturated carbocycles. The fraction of sp³-hybridized carbons (Fsp3) is 0.875. The zero-order valence-electron chi connectivity index (χ0n) is 13.0. The Morgan fingerprint density at radius 1 is 1.05 bits per heavy atom. The van der Waals surface area contributed by atoms with E-state index in [0.717, 1.165) is 38.8 Å². The minimum absolute atomic E-state index is 0.142. The van der Waals surface area contributed by atoms with Crippen LogP contribution in [-0.4, -0.2) is 54.6 Å². The van der Waals surface area contributed by atoms with Crippen LogP contribution in [0.1, 0.15) is 51.4 Å². The number of rotatable bonds is 1. The number of ether oxygens (including phenoxy) is 1. The van der Waals surface area contributed by atoms with Gasteiger partial charge in [0.25, 0.3) is 0 Å². The van der Waals surface area contributed by atoms with Gasteiger partial charge in [0.2, 0.25) is 5.91 Å². The Kier molecular flexibility index (Phi) is 4.09. The van der Waals surface area contributed by atoms with Gasteiger partial charge in [0.05, 0.1) is 7.11 Å². The molecule has 5 nitrogen and oxygen atoms in total. The summed E-state index contributed by atoms with van der Waals surface area (Å²) in [6.07, 6.45) is 8.68. The lowest BCUT2D eigenvalue weighted by molar-refractivity contribution is -0.136. The van der Waals surface area contributed by atoms with Gasteiger partial charge in [0.1, 0.15) is 6.04 Å². The van der Waals surface area contributed by atoms with E-state index in [0.29, 0.717) is 12.0 Å². The molecule has 2 aliphatic heterocycles. The number of piperidine rings is 1. The van der Waals surface area contributed by atoms with Crippen LogP contribution in [0.5, 0.6) is 0 Å². The third-order valence-electron chi connectivity index (χ3n) is 5.61. The van der Waals surface area contributed by atoms with Gasteiger partial charge in [-0.1, -0.05) is 12.8 Å². The topological polar surface area (TPSA) is 49.9 Å². The maximum Gasteiger partial charge on any atom is 0.410 e. The van der Waals surface area contributed by atoms with Crippen LogP contribution in [-0.2, 0) is 9.53 Å². The van der Waals surface area contributed by atoms with Gasteiger partial charge in [-0.25, -0.2) is 4.79 Å². The minimum Gasteiger partial charge on any atom is -0.453 e. The molecule has 1 spiro atoms. The zero-order chi connectivity index (χ0) is 14.9. The second-order valence-corrected chi connectivity index (χ2v) is 6.89. The summed E-state index contributed by atoms with van der Waals surface area (Å²) in [5, 5.41) is 0. The number of nitrogens with zero attached hydrogens (tertiary/aromatic N) is 2. The number of hydrogen-bond donors (Lipinski definition) is 0. The lowest BCUT2D eigenvalue weighted by atomic mass is 9.86. The van der Waals surface area contributed by atoms with Crippen LogP contribution in [0.4, 0.5) is 4.79 Å². The summed E-state index contributed by atoms with van der Waals surface area (Å²) in [5.74, 6) is 0.142. The minimum atomic E-state index is -0.358. The van der Waals surface area contributed by atoms with E-state index >= 15 is 0 Å². The van der Waals surface area contributed by atoms with E-state index < -0.39 is 0 Å². The van der Waals surface area contributed by atoms with Crippen molar-refractivity contribution in [2.75, 3.05) is 26.7 Å². The second kappa shape index (κ2) is 5.85. The van der Waals surface area contributed by atoms with Gasteiger partial charge in [-0.3, -0.25) is 9.69 Å². The quantitative estimate of drug-likeness (QED) is 0.746. The number of carbonyl (C=O) groups excluding carboxylic acids is 2. The van der Waals surface area contributed by atoms with Crippen molar-refractivity contribution in [2.45, 2.75) is 57.4 Å². The Morgan fingerprint density at radius 2 is 1.81 bits per heavy atom. The average Bonchev–Trinajstić information content (AvgIpc) is 3.16. The van der Waals surface area contributed by atoms with E-state index in [-0.39, 0.29) is 18.0 Å². The highest BCUT2D eigenvalue weighted by atomic mass is 16.5. The Bertz CT molecular complexity index is 418. The molecule has 1 unspecified atom stereocenters. The van der Waals surface area contributed by atoms with Crippen molar-refractivity contribution in [1.82, 2.24) is 9.80 Å². The molecule has 0 aromatic carbocycles. The van der Waals surface area contributed by atoms with Crippen molar-refractivity contribution in [1.29, 1.82) is 0 Å². The number of carbonyl (C=O) groups is 2. The molecule has 21 heavy (non-hydrogen) atoms. The fourth-order valence-electron chi connectivity index (χ4n) is 4.39. The summed E-state index contributed by atoms with van der Waals surface area (Å²) < 4.78 is 4.84. The molecule has 2 amide bonds. The van der Waals surface area contributed by atoms with Crippen LogP contribution in [0, 0.1) is 5.41 Å². The van der Waals surface area contributed by atoms with E-state index in [1.807, 2.05) is 4.90 Å². The van der Waals surface area contributed by atoms with Gasteiger partial charge in [-0.15, -0.1) is 0 Å². The molecule has 0 N–H and O–H groups in total. The monoisotopic (exact) mass is 294 g/mol. The first-order valence-corrected chi connectivity index (χ1v) is 8.29. The maximum atomic E-state index is 12.8. The summed E-state index contributed by atoms with van der Waals surface area (Å²) >= 11 is 0. The third kappa shape index (κ3) is 2.74. The van der Waals surface area contributed by atoms with Crippen molar-refractivity contribution < 1.29 is 14.3 Å². The highest BCUT2D eigenvalue weighted by molar-refractivity contribution is 5.86. The molecule has 3 rings (SSSR count). The number of methoxy groups -OCH3 is 1. The SMILES string of the molecule is COC(=O)N1CCCCC1C(=O)N1CCC2(CCCC2)C1. The maximum absolute atomic E-state index is 12.8.